The Hall–Kier alpha value is -2.70. The fraction of sp³-hybridized carbons (Fsp3) is 0.0625. The lowest BCUT2D eigenvalue weighted by molar-refractivity contribution is -0.384. The van der Waals surface area contributed by atoms with Gasteiger partial charge in [0.05, 0.1) is 16.6 Å². The molecule has 0 aliphatic rings. The molecule has 0 saturated heterocycles. The van der Waals surface area contributed by atoms with E-state index in [1.807, 2.05) is 30.3 Å². The molecule has 0 aliphatic carbocycles. The lowest BCUT2D eigenvalue weighted by Crippen LogP contribution is -1.92. The highest BCUT2D eigenvalue weighted by Crippen LogP contribution is 2.28. The molecule has 124 valence electrons. The number of nitriles is 1. The second-order valence-electron chi connectivity index (χ2n) is 4.93. The zero-order chi connectivity index (χ0) is 17.8. The maximum Gasteiger partial charge on any atom is 0.277 e. The average Bonchev–Trinajstić information content (AvgIpc) is 3.09. The molecule has 9 heteroatoms. The Balaban J connectivity index is 1.74. The Bertz CT molecular complexity index is 966. The molecular formula is C16H9BrN4O3S. The number of non-ortho nitro benzene ring substituents is 1. The molecule has 1 heterocycles. The van der Waals surface area contributed by atoms with Gasteiger partial charge in [-0.1, -0.05) is 27.7 Å². The lowest BCUT2D eigenvalue weighted by Gasteiger charge is -2.00. The molecule has 2 aromatic carbocycles. The van der Waals surface area contributed by atoms with Crippen molar-refractivity contribution in [2.24, 2.45) is 0 Å². The van der Waals surface area contributed by atoms with Crippen LogP contribution in [0.3, 0.4) is 0 Å². The molecule has 0 unspecified atom stereocenters. The SMILES string of the molecule is N#Cc1cc(CSc2nnc(-c3ccc(Br)cc3)o2)cc([N+](=O)[O-])c1. The molecule has 0 atom stereocenters. The molecule has 3 aromatic rings. The Labute approximate surface area is 155 Å². The number of nitro groups is 1. The van der Waals surface area contributed by atoms with Crippen molar-refractivity contribution < 1.29 is 9.34 Å². The smallest absolute Gasteiger partial charge is 0.277 e. The zero-order valence-corrected chi connectivity index (χ0v) is 15.0. The van der Waals surface area contributed by atoms with Crippen molar-refractivity contribution in [2.45, 2.75) is 11.0 Å². The normalized spacial score (nSPS) is 10.4. The van der Waals surface area contributed by atoms with E-state index in [9.17, 15) is 10.1 Å². The lowest BCUT2D eigenvalue weighted by atomic mass is 10.1. The molecule has 25 heavy (non-hydrogen) atoms. The van der Waals surface area contributed by atoms with E-state index < -0.39 is 4.92 Å². The van der Waals surface area contributed by atoms with Gasteiger partial charge < -0.3 is 4.42 Å². The molecule has 0 fully saturated rings. The third-order valence-electron chi connectivity index (χ3n) is 3.18. The third kappa shape index (κ3) is 4.23. The Kier molecular flexibility index (Phi) is 5.11. The van der Waals surface area contributed by atoms with E-state index in [1.54, 1.807) is 6.07 Å². The number of benzene rings is 2. The second-order valence-corrected chi connectivity index (χ2v) is 6.77. The van der Waals surface area contributed by atoms with Crippen LogP contribution in [0.15, 0.2) is 56.6 Å². The molecular weight excluding hydrogens is 408 g/mol. The molecule has 0 N–H and O–H groups in total. The van der Waals surface area contributed by atoms with Gasteiger partial charge in [-0.2, -0.15) is 5.26 Å². The molecule has 1 aromatic heterocycles. The van der Waals surface area contributed by atoms with Gasteiger partial charge in [-0.15, -0.1) is 10.2 Å². The summed E-state index contributed by atoms with van der Waals surface area (Å²) in [5.74, 6) is 0.768. The number of halogens is 1. The van der Waals surface area contributed by atoms with Crippen LogP contribution in [0.25, 0.3) is 11.5 Å². The van der Waals surface area contributed by atoms with E-state index in [0.717, 1.165) is 10.0 Å². The summed E-state index contributed by atoms with van der Waals surface area (Å²) in [4.78, 5) is 10.4. The number of aromatic nitrogens is 2. The molecule has 0 amide bonds. The van der Waals surface area contributed by atoms with Gasteiger partial charge in [-0.05, 0) is 35.9 Å². The summed E-state index contributed by atoms with van der Waals surface area (Å²) < 4.78 is 6.54. The van der Waals surface area contributed by atoms with E-state index >= 15 is 0 Å². The van der Waals surface area contributed by atoms with E-state index in [1.165, 1.54) is 23.9 Å². The number of hydrogen-bond donors (Lipinski definition) is 0. The Morgan fingerprint density at radius 2 is 2.00 bits per heavy atom. The molecule has 0 saturated carbocycles. The highest BCUT2D eigenvalue weighted by atomic mass is 79.9. The summed E-state index contributed by atoms with van der Waals surface area (Å²) in [5, 5.41) is 28.2. The van der Waals surface area contributed by atoms with Gasteiger partial charge in [0.25, 0.3) is 10.9 Å². The highest BCUT2D eigenvalue weighted by molar-refractivity contribution is 9.10. The van der Waals surface area contributed by atoms with Gasteiger partial charge in [0.15, 0.2) is 0 Å². The van der Waals surface area contributed by atoms with Gasteiger partial charge in [0.2, 0.25) is 5.89 Å². The van der Waals surface area contributed by atoms with Crippen LogP contribution < -0.4 is 0 Å². The molecule has 0 bridgehead atoms. The van der Waals surface area contributed by atoms with Gasteiger partial charge in [-0.3, -0.25) is 10.1 Å². The fourth-order valence-electron chi connectivity index (χ4n) is 2.05. The Morgan fingerprint density at radius 1 is 1.24 bits per heavy atom. The number of rotatable bonds is 5. The first-order valence-corrected chi connectivity index (χ1v) is 8.74. The van der Waals surface area contributed by atoms with Crippen LogP contribution in [0, 0.1) is 21.4 Å². The standard InChI is InChI=1S/C16H9BrN4O3S/c17-13-3-1-12(2-4-13)15-19-20-16(24-15)25-9-11-5-10(8-18)6-14(7-11)21(22)23/h1-7H,9H2. The monoisotopic (exact) mass is 416 g/mol. The first-order chi connectivity index (χ1) is 12.0. The van der Waals surface area contributed by atoms with Gasteiger partial charge in [0.1, 0.15) is 0 Å². The second kappa shape index (κ2) is 7.46. The summed E-state index contributed by atoms with van der Waals surface area (Å²) in [6.07, 6.45) is 0. The van der Waals surface area contributed by atoms with E-state index in [2.05, 4.69) is 26.1 Å². The predicted octanol–water partition coefficient (Wildman–Crippen LogP) is 4.57. The minimum atomic E-state index is -0.520. The van der Waals surface area contributed by atoms with Crippen molar-refractivity contribution in [3.05, 3.63) is 68.2 Å². The van der Waals surface area contributed by atoms with Gasteiger partial charge in [0, 0.05) is 27.9 Å². The minimum Gasteiger partial charge on any atom is -0.411 e. The van der Waals surface area contributed by atoms with Crippen LogP contribution in [0.4, 0.5) is 5.69 Å². The van der Waals surface area contributed by atoms with Crippen LogP contribution in [0.1, 0.15) is 11.1 Å². The van der Waals surface area contributed by atoms with E-state index in [0.29, 0.717) is 22.4 Å². The van der Waals surface area contributed by atoms with E-state index in [4.69, 9.17) is 9.68 Å². The predicted molar refractivity (Wildman–Crippen MR) is 94.8 cm³/mol. The third-order valence-corrected chi connectivity index (χ3v) is 4.60. The van der Waals surface area contributed by atoms with Crippen molar-refractivity contribution in [1.29, 1.82) is 5.26 Å². The van der Waals surface area contributed by atoms with Crippen LogP contribution >= 0.6 is 27.7 Å². The van der Waals surface area contributed by atoms with Crippen LogP contribution in [0.2, 0.25) is 0 Å². The fourth-order valence-corrected chi connectivity index (χ4v) is 3.01. The summed E-state index contributed by atoms with van der Waals surface area (Å²) in [5.41, 5.74) is 1.56. The van der Waals surface area contributed by atoms with Crippen molar-refractivity contribution in [3.63, 3.8) is 0 Å². The molecule has 0 aliphatic heterocycles. The number of thioether (sulfide) groups is 1. The quantitative estimate of drug-likeness (QED) is 0.340. The van der Waals surface area contributed by atoms with Crippen molar-refractivity contribution in [1.82, 2.24) is 10.2 Å². The van der Waals surface area contributed by atoms with Crippen molar-refractivity contribution >= 4 is 33.4 Å². The molecule has 0 radical (unpaired) electrons. The van der Waals surface area contributed by atoms with Gasteiger partial charge >= 0.3 is 0 Å². The molecule has 3 rings (SSSR count). The number of hydrogen-bond acceptors (Lipinski definition) is 7. The summed E-state index contributed by atoms with van der Waals surface area (Å²) >= 11 is 4.61. The average molecular weight is 417 g/mol. The van der Waals surface area contributed by atoms with Crippen LogP contribution in [0.5, 0.6) is 0 Å². The number of nitrogens with zero attached hydrogens (tertiary/aromatic N) is 4. The van der Waals surface area contributed by atoms with Crippen LogP contribution in [-0.2, 0) is 5.75 Å². The van der Waals surface area contributed by atoms with Crippen molar-refractivity contribution in [3.8, 4) is 17.5 Å². The maximum absolute atomic E-state index is 10.9. The first-order valence-electron chi connectivity index (χ1n) is 6.96. The van der Waals surface area contributed by atoms with Crippen LogP contribution in [-0.4, -0.2) is 15.1 Å². The zero-order valence-electron chi connectivity index (χ0n) is 12.5. The van der Waals surface area contributed by atoms with Gasteiger partial charge in [-0.25, -0.2) is 0 Å². The summed E-state index contributed by atoms with van der Waals surface area (Å²) in [6, 6.07) is 13.7. The minimum absolute atomic E-state index is 0.115. The maximum atomic E-state index is 10.9. The highest BCUT2D eigenvalue weighted by Gasteiger charge is 2.13. The Morgan fingerprint density at radius 3 is 2.68 bits per heavy atom. The molecule has 0 spiro atoms. The van der Waals surface area contributed by atoms with E-state index in [-0.39, 0.29) is 11.3 Å². The topological polar surface area (TPSA) is 106 Å². The number of nitro benzene ring substituents is 1. The first kappa shape index (κ1) is 17.1. The molecule has 7 nitrogen and oxygen atoms in total. The largest absolute Gasteiger partial charge is 0.411 e. The van der Waals surface area contributed by atoms with Crippen molar-refractivity contribution in [2.75, 3.05) is 0 Å². The summed E-state index contributed by atoms with van der Waals surface area (Å²) in [6.45, 7) is 0. The summed E-state index contributed by atoms with van der Waals surface area (Å²) in [7, 11) is 0.